The highest BCUT2D eigenvalue weighted by molar-refractivity contribution is 7.92. The van der Waals surface area contributed by atoms with Gasteiger partial charge in [-0.15, -0.1) is 0 Å². The third-order valence-electron chi connectivity index (χ3n) is 2.57. The van der Waals surface area contributed by atoms with Gasteiger partial charge in [0.05, 0.1) is 4.90 Å². The fraction of sp³-hybridized carbons (Fsp3) is 0.0833. The van der Waals surface area contributed by atoms with E-state index in [1.165, 1.54) is 24.5 Å². The zero-order valence-electron chi connectivity index (χ0n) is 10.4. The van der Waals surface area contributed by atoms with E-state index in [-0.39, 0.29) is 10.8 Å². The minimum atomic E-state index is -3.75. The normalized spacial score (nSPS) is 11.7. The van der Waals surface area contributed by atoms with Crippen LogP contribution in [0.5, 0.6) is 0 Å². The van der Waals surface area contributed by atoms with Crippen LogP contribution in [0.25, 0.3) is 11.1 Å². The molecule has 0 radical (unpaired) electrons. The van der Waals surface area contributed by atoms with Crippen LogP contribution in [-0.2, 0) is 10.0 Å². The molecule has 8 heteroatoms. The van der Waals surface area contributed by atoms with Gasteiger partial charge in [0, 0.05) is 19.3 Å². The first kappa shape index (κ1) is 12.5. The van der Waals surface area contributed by atoms with Crippen LogP contribution in [0.2, 0.25) is 0 Å². The third-order valence-corrected chi connectivity index (χ3v) is 3.89. The lowest BCUT2D eigenvalue weighted by Crippen LogP contribution is -2.14. The van der Waals surface area contributed by atoms with Crippen LogP contribution >= 0.6 is 0 Å². The number of sulfonamides is 1. The van der Waals surface area contributed by atoms with E-state index in [9.17, 15) is 8.42 Å². The Morgan fingerprint density at radius 3 is 2.70 bits per heavy atom. The van der Waals surface area contributed by atoms with E-state index in [1.807, 2.05) is 0 Å². The molecule has 0 spiro atoms. The Labute approximate surface area is 114 Å². The van der Waals surface area contributed by atoms with Gasteiger partial charge in [-0.25, -0.2) is 28.1 Å². The lowest BCUT2D eigenvalue weighted by molar-refractivity contribution is 0.561. The van der Waals surface area contributed by atoms with Crippen LogP contribution in [0.15, 0.2) is 46.0 Å². The van der Waals surface area contributed by atoms with E-state index in [1.54, 1.807) is 19.1 Å². The second-order valence-corrected chi connectivity index (χ2v) is 5.72. The van der Waals surface area contributed by atoms with E-state index >= 15 is 0 Å². The molecule has 1 aromatic carbocycles. The van der Waals surface area contributed by atoms with Crippen LogP contribution in [0.1, 0.15) is 5.89 Å². The Hall–Kier alpha value is -2.48. The molecule has 0 amide bonds. The summed E-state index contributed by atoms with van der Waals surface area (Å²) in [6, 6.07) is 6.05. The number of oxazole rings is 1. The van der Waals surface area contributed by atoms with Crippen molar-refractivity contribution in [2.75, 3.05) is 4.72 Å². The Morgan fingerprint density at radius 1 is 1.20 bits per heavy atom. The Balaban J connectivity index is 2.00. The lowest BCUT2D eigenvalue weighted by Gasteiger charge is -2.05. The molecule has 2 aromatic heterocycles. The van der Waals surface area contributed by atoms with Gasteiger partial charge >= 0.3 is 0 Å². The predicted octanol–water partition coefficient (Wildman–Crippen LogP) is 1.73. The lowest BCUT2D eigenvalue weighted by atomic mass is 10.3. The molecular formula is C12H10N4O3S. The van der Waals surface area contributed by atoms with Crippen molar-refractivity contribution in [3.63, 3.8) is 0 Å². The molecule has 0 bridgehead atoms. The van der Waals surface area contributed by atoms with Crippen molar-refractivity contribution in [2.45, 2.75) is 11.8 Å². The molecule has 0 aliphatic heterocycles. The number of benzene rings is 1. The van der Waals surface area contributed by atoms with Crippen LogP contribution in [0.4, 0.5) is 5.95 Å². The van der Waals surface area contributed by atoms with Crippen molar-refractivity contribution in [2.24, 2.45) is 0 Å². The number of hydrogen-bond donors (Lipinski definition) is 1. The van der Waals surface area contributed by atoms with Crippen molar-refractivity contribution in [3.05, 3.63) is 42.5 Å². The second kappa shape index (κ2) is 4.57. The average Bonchev–Trinajstić information content (AvgIpc) is 2.78. The van der Waals surface area contributed by atoms with Gasteiger partial charge < -0.3 is 4.42 Å². The molecule has 0 atom stereocenters. The number of aromatic nitrogens is 3. The van der Waals surface area contributed by atoms with Crippen LogP contribution in [0.3, 0.4) is 0 Å². The van der Waals surface area contributed by atoms with Crippen molar-refractivity contribution < 1.29 is 12.8 Å². The van der Waals surface area contributed by atoms with Gasteiger partial charge in [-0.2, -0.15) is 0 Å². The number of hydrogen-bond acceptors (Lipinski definition) is 6. The summed E-state index contributed by atoms with van der Waals surface area (Å²) >= 11 is 0. The highest BCUT2D eigenvalue weighted by atomic mass is 32.2. The minimum absolute atomic E-state index is 0.0175. The van der Waals surface area contributed by atoms with Crippen molar-refractivity contribution in [3.8, 4) is 0 Å². The van der Waals surface area contributed by atoms with E-state index < -0.39 is 10.0 Å². The van der Waals surface area contributed by atoms with Gasteiger partial charge in [0.1, 0.15) is 5.52 Å². The summed E-state index contributed by atoms with van der Waals surface area (Å²) in [7, 11) is -3.75. The molecule has 1 N–H and O–H groups in total. The standard InChI is InChI=1S/C12H10N4O3S/c1-8-15-10-7-9(3-4-11(10)19-8)20(17,18)16-12-13-5-2-6-14-12/h2-7H,1H3,(H,13,14,16). The largest absolute Gasteiger partial charge is 0.441 e. The number of nitrogens with one attached hydrogen (secondary N) is 1. The Morgan fingerprint density at radius 2 is 1.95 bits per heavy atom. The highest BCUT2D eigenvalue weighted by Gasteiger charge is 2.17. The molecule has 0 saturated heterocycles. The SMILES string of the molecule is Cc1nc2cc(S(=O)(=O)Nc3ncccn3)ccc2o1. The second-order valence-electron chi connectivity index (χ2n) is 4.04. The predicted molar refractivity (Wildman–Crippen MR) is 71.6 cm³/mol. The summed E-state index contributed by atoms with van der Waals surface area (Å²) in [5.41, 5.74) is 1.02. The molecule has 102 valence electrons. The summed E-state index contributed by atoms with van der Waals surface area (Å²) < 4.78 is 32.0. The van der Waals surface area contributed by atoms with Crippen molar-refractivity contribution in [1.82, 2.24) is 15.0 Å². The maximum Gasteiger partial charge on any atom is 0.264 e. The molecular weight excluding hydrogens is 280 g/mol. The summed E-state index contributed by atoms with van der Waals surface area (Å²) in [4.78, 5) is 11.8. The first-order valence-electron chi connectivity index (χ1n) is 5.72. The molecule has 20 heavy (non-hydrogen) atoms. The molecule has 0 aliphatic rings. The number of nitrogens with zero attached hydrogens (tertiary/aromatic N) is 3. The van der Waals surface area contributed by atoms with Crippen molar-refractivity contribution in [1.29, 1.82) is 0 Å². The highest BCUT2D eigenvalue weighted by Crippen LogP contribution is 2.20. The van der Waals surface area contributed by atoms with Gasteiger partial charge in [-0.1, -0.05) is 0 Å². The zero-order chi connectivity index (χ0) is 14.2. The molecule has 7 nitrogen and oxygen atoms in total. The third kappa shape index (κ3) is 2.32. The molecule has 0 saturated carbocycles. The monoisotopic (exact) mass is 290 g/mol. The first-order chi connectivity index (χ1) is 9.54. The fourth-order valence-electron chi connectivity index (χ4n) is 1.72. The summed E-state index contributed by atoms with van der Waals surface area (Å²) in [6.07, 6.45) is 2.91. The fourth-order valence-corrected chi connectivity index (χ4v) is 2.70. The first-order valence-corrected chi connectivity index (χ1v) is 7.20. The van der Waals surface area contributed by atoms with E-state index in [2.05, 4.69) is 19.7 Å². The maximum absolute atomic E-state index is 12.2. The molecule has 0 aliphatic carbocycles. The number of anilines is 1. The topological polar surface area (TPSA) is 98.0 Å². The van der Waals surface area contributed by atoms with E-state index in [0.29, 0.717) is 17.0 Å². The smallest absolute Gasteiger partial charge is 0.264 e. The van der Waals surface area contributed by atoms with Crippen LogP contribution < -0.4 is 4.72 Å². The Kier molecular flexibility index (Phi) is 2.87. The molecule has 2 heterocycles. The quantitative estimate of drug-likeness (QED) is 0.788. The van der Waals surface area contributed by atoms with Gasteiger partial charge in [0.15, 0.2) is 11.5 Å². The average molecular weight is 290 g/mol. The molecule has 0 unspecified atom stereocenters. The van der Waals surface area contributed by atoms with Crippen LogP contribution in [-0.4, -0.2) is 23.4 Å². The molecule has 0 fully saturated rings. The van der Waals surface area contributed by atoms with Gasteiger partial charge in [0.2, 0.25) is 5.95 Å². The molecule has 3 rings (SSSR count). The Bertz CT molecular complexity index is 859. The van der Waals surface area contributed by atoms with Gasteiger partial charge in [-0.3, -0.25) is 0 Å². The van der Waals surface area contributed by atoms with E-state index in [4.69, 9.17) is 4.42 Å². The van der Waals surface area contributed by atoms with Gasteiger partial charge in [0.25, 0.3) is 10.0 Å². The summed E-state index contributed by atoms with van der Waals surface area (Å²) in [5, 5.41) is 0. The summed E-state index contributed by atoms with van der Waals surface area (Å²) in [5.74, 6) is 0.498. The number of fused-ring (bicyclic) bond motifs is 1. The molecule has 3 aromatic rings. The van der Waals surface area contributed by atoms with Gasteiger partial charge in [-0.05, 0) is 24.3 Å². The van der Waals surface area contributed by atoms with Crippen LogP contribution in [0, 0.1) is 6.92 Å². The summed E-state index contributed by atoms with van der Waals surface area (Å²) in [6.45, 7) is 1.70. The van der Waals surface area contributed by atoms with E-state index in [0.717, 1.165) is 0 Å². The number of aryl methyl sites for hydroxylation is 1. The maximum atomic E-state index is 12.2. The van der Waals surface area contributed by atoms with Crippen molar-refractivity contribution >= 4 is 27.1 Å². The number of rotatable bonds is 3. The zero-order valence-corrected chi connectivity index (χ0v) is 11.3. The minimum Gasteiger partial charge on any atom is -0.441 e.